The molecule has 2 saturated heterocycles. The third kappa shape index (κ3) is 0.692. The van der Waals surface area contributed by atoms with E-state index in [1.807, 2.05) is 0 Å². The Hall–Kier alpha value is 0.690. The van der Waals surface area contributed by atoms with Crippen molar-refractivity contribution >= 4 is 22.6 Å². The monoisotopic (exact) mass is 224 g/mol. The van der Waals surface area contributed by atoms with Gasteiger partial charge in [0, 0.05) is 3.92 Å². The fourth-order valence-corrected chi connectivity index (χ4v) is 2.67. The topological polar surface area (TPSA) is 9.23 Å². The van der Waals surface area contributed by atoms with Gasteiger partial charge in [0.1, 0.15) is 0 Å². The van der Waals surface area contributed by atoms with Gasteiger partial charge in [-0.2, -0.15) is 0 Å². The molecule has 0 aliphatic carbocycles. The van der Waals surface area contributed by atoms with Gasteiger partial charge in [0.15, 0.2) is 0 Å². The Kier molecular flexibility index (Phi) is 1.26. The SMILES string of the molecule is IC1CC2CCC1O2. The minimum atomic E-state index is 0.626. The second-order valence-corrected chi connectivity index (χ2v) is 4.23. The third-order valence-electron chi connectivity index (χ3n) is 2.03. The van der Waals surface area contributed by atoms with Crippen LogP contribution in [0.5, 0.6) is 0 Å². The lowest BCUT2D eigenvalue weighted by molar-refractivity contribution is 0.107. The van der Waals surface area contributed by atoms with E-state index in [0.29, 0.717) is 12.2 Å². The van der Waals surface area contributed by atoms with Gasteiger partial charge in [-0.05, 0) is 19.3 Å². The van der Waals surface area contributed by atoms with Crippen molar-refractivity contribution < 1.29 is 4.74 Å². The predicted molar refractivity (Wildman–Crippen MR) is 40.3 cm³/mol. The van der Waals surface area contributed by atoms with E-state index < -0.39 is 0 Å². The number of rotatable bonds is 0. The van der Waals surface area contributed by atoms with Crippen LogP contribution < -0.4 is 0 Å². The molecule has 0 N–H and O–H groups in total. The first-order chi connectivity index (χ1) is 3.86. The fourth-order valence-electron chi connectivity index (χ4n) is 1.58. The molecule has 0 saturated carbocycles. The maximum Gasteiger partial charge on any atom is 0.0698 e. The lowest BCUT2D eigenvalue weighted by Crippen LogP contribution is -2.14. The molecule has 0 aromatic rings. The minimum Gasteiger partial charge on any atom is -0.374 e. The molecule has 0 amide bonds. The van der Waals surface area contributed by atoms with Gasteiger partial charge in [-0.3, -0.25) is 0 Å². The van der Waals surface area contributed by atoms with Gasteiger partial charge in [-0.1, -0.05) is 22.6 Å². The van der Waals surface area contributed by atoms with Crippen molar-refractivity contribution in [3.8, 4) is 0 Å². The molecule has 0 spiro atoms. The molecule has 2 aliphatic heterocycles. The molecule has 3 atom stereocenters. The van der Waals surface area contributed by atoms with Gasteiger partial charge in [0.2, 0.25) is 0 Å². The van der Waals surface area contributed by atoms with Crippen LogP contribution in [0.2, 0.25) is 0 Å². The highest BCUT2D eigenvalue weighted by molar-refractivity contribution is 14.1. The van der Waals surface area contributed by atoms with E-state index >= 15 is 0 Å². The number of fused-ring (bicyclic) bond motifs is 2. The van der Waals surface area contributed by atoms with Gasteiger partial charge in [-0.25, -0.2) is 0 Å². The minimum absolute atomic E-state index is 0.626. The summed E-state index contributed by atoms with van der Waals surface area (Å²) < 4.78 is 6.40. The van der Waals surface area contributed by atoms with Gasteiger partial charge in [0.05, 0.1) is 12.2 Å². The molecule has 3 unspecified atom stereocenters. The second kappa shape index (κ2) is 1.84. The molecule has 2 fully saturated rings. The highest BCUT2D eigenvalue weighted by Gasteiger charge is 2.38. The van der Waals surface area contributed by atoms with Crippen LogP contribution in [0.15, 0.2) is 0 Å². The summed E-state index contributed by atoms with van der Waals surface area (Å²) in [6, 6.07) is 0. The van der Waals surface area contributed by atoms with Crippen LogP contribution in [0.3, 0.4) is 0 Å². The van der Waals surface area contributed by atoms with Crippen molar-refractivity contribution in [1.29, 1.82) is 0 Å². The normalized spacial score (nSPS) is 52.9. The average Bonchev–Trinajstić information content (AvgIpc) is 2.23. The average molecular weight is 224 g/mol. The molecule has 2 rings (SSSR count). The summed E-state index contributed by atoms with van der Waals surface area (Å²) in [5.74, 6) is 0. The van der Waals surface area contributed by atoms with Crippen molar-refractivity contribution in [1.82, 2.24) is 0 Å². The first kappa shape index (κ1) is 5.47. The van der Waals surface area contributed by atoms with Gasteiger partial charge < -0.3 is 4.74 Å². The highest BCUT2D eigenvalue weighted by Crippen LogP contribution is 2.38. The first-order valence-corrected chi connectivity index (χ1v) is 4.40. The molecular formula is C6H9IO. The number of hydrogen-bond acceptors (Lipinski definition) is 1. The summed E-state index contributed by atoms with van der Waals surface area (Å²) in [6.07, 6.45) is 5.22. The van der Waals surface area contributed by atoms with Crippen LogP contribution in [0.1, 0.15) is 19.3 Å². The molecule has 0 radical (unpaired) electrons. The standard InChI is InChI=1S/C6H9IO/c7-5-3-4-1-2-6(5)8-4/h4-6H,1-3H2. The van der Waals surface area contributed by atoms with Crippen molar-refractivity contribution in [2.45, 2.75) is 35.4 Å². The summed E-state index contributed by atoms with van der Waals surface area (Å²) in [6.45, 7) is 0. The Morgan fingerprint density at radius 3 is 2.50 bits per heavy atom. The second-order valence-electron chi connectivity index (χ2n) is 2.63. The molecule has 0 aromatic heterocycles. The smallest absolute Gasteiger partial charge is 0.0698 e. The molecule has 8 heavy (non-hydrogen) atoms. The molecule has 0 aromatic carbocycles. The van der Waals surface area contributed by atoms with Crippen molar-refractivity contribution in [3.63, 3.8) is 0 Å². The lowest BCUT2D eigenvalue weighted by Gasteiger charge is -2.09. The number of ether oxygens (including phenoxy) is 1. The van der Waals surface area contributed by atoms with E-state index in [1.54, 1.807) is 0 Å². The molecule has 46 valence electrons. The molecular weight excluding hydrogens is 215 g/mol. The van der Waals surface area contributed by atoms with E-state index in [0.717, 1.165) is 3.92 Å². The maximum atomic E-state index is 5.58. The summed E-state index contributed by atoms with van der Waals surface area (Å²) >= 11 is 2.50. The maximum absolute atomic E-state index is 5.58. The fraction of sp³-hybridized carbons (Fsp3) is 1.00. The van der Waals surface area contributed by atoms with Crippen LogP contribution in [0, 0.1) is 0 Å². The van der Waals surface area contributed by atoms with Crippen LogP contribution >= 0.6 is 22.6 Å². The van der Waals surface area contributed by atoms with Crippen LogP contribution in [-0.4, -0.2) is 16.1 Å². The molecule has 2 aliphatic rings. The van der Waals surface area contributed by atoms with Crippen molar-refractivity contribution in [2.75, 3.05) is 0 Å². The van der Waals surface area contributed by atoms with Gasteiger partial charge in [-0.15, -0.1) is 0 Å². The summed E-state index contributed by atoms with van der Waals surface area (Å²) in [7, 11) is 0. The van der Waals surface area contributed by atoms with Gasteiger partial charge >= 0.3 is 0 Å². The van der Waals surface area contributed by atoms with E-state index in [1.165, 1.54) is 19.3 Å². The number of alkyl halides is 1. The van der Waals surface area contributed by atoms with E-state index in [9.17, 15) is 0 Å². The zero-order chi connectivity index (χ0) is 5.56. The zero-order valence-corrected chi connectivity index (χ0v) is 6.80. The number of hydrogen-bond donors (Lipinski definition) is 0. The van der Waals surface area contributed by atoms with Gasteiger partial charge in [0.25, 0.3) is 0 Å². The number of halogens is 1. The Morgan fingerprint density at radius 2 is 2.25 bits per heavy atom. The van der Waals surface area contributed by atoms with Crippen molar-refractivity contribution in [2.24, 2.45) is 0 Å². The zero-order valence-electron chi connectivity index (χ0n) is 4.64. The quantitative estimate of drug-likeness (QED) is 0.449. The summed E-state index contributed by atoms with van der Waals surface area (Å²) in [5, 5.41) is 0. The van der Waals surface area contributed by atoms with Crippen molar-refractivity contribution in [3.05, 3.63) is 0 Å². The van der Waals surface area contributed by atoms with Crippen LogP contribution in [-0.2, 0) is 4.74 Å². The molecule has 2 heteroatoms. The van der Waals surface area contributed by atoms with Crippen LogP contribution in [0.25, 0.3) is 0 Å². The molecule has 2 bridgehead atoms. The Labute approximate surface area is 62.9 Å². The first-order valence-electron chi connectivity index (χ1n) is 3.16. The Morgan fingerprint density at radius 1 is 1.38 bits per heavy atom. The highest BCUT2D eigenvalue weighted by atomic mass is 127. The summed E-state index contributed by atoms with van der Waals surface area (Å²) in [4.78, 5) is 0. The molecule has 1 nitrogen and oxygen atoms in total. The Balaban J connectivity index is 2.11. The van der Waals surface area contributed by atoms with E-state index in [4.69, 9.17) is 4.74 Å². The third-order valence-corrected chi connectivity index (χ3v) is 3.34. The Bertz CT molecular complexity index is 103. The summed E-state index contributed by atoms with van der Waals surface area (Å²) in [5.41, 5.74) is 0. The largest absolute Gasteiger partial charge is 0.374 e. The van der Waals surface area contributed by atoms with E-state index in [2.05, 4.69) is 22.6 Å². The lowest BCUT2D eigenvalue weighted by atomic mass is 10.0. The van der Waals surface area contributed by atoms with E-state index in [-0.39, 0.29) is 0 Å². The molecule has 2 heterocycles. The van der Waals surface area contributed by atoms with Crippen LogP contribution in [0.4, 0.5) is 0 Å². The predicted octanol–water partition coefficient (Wildman–Crippen LogP) is 1.74.